The number of hydrogen-bond acceptors (Lipinski definition) is 5. The molecule has 0 bridgehead atoms. The molecule has 39 heavy (non-hydrogen) atoms. The molecule has 5 aromatic rings. The second kappa shape index (κ2) is 11.3. The highest BCUT2D eigenvalue weighted by molar-refractivity contribution is 6.31. The fourth-order valence-electron chi connectivity index (χ4n) is 5.73. The molecule has 1 N–H and O–H groups in total. The average molecular weight is 573 g/mol. The summed E-state index contributed by atoms with van der Waals surface area (Å²) in [4.78, 5) is 18.0. The smallest absolute Gasteiger partial charge is 0.224 e. The standard InChI is InChI=1S/C31H24Cl3N5/c32-24-16-22(36-30(33)38-24)28-26(20-12-6-2-7-13-20)29(27(28)21-14-8-3-9-15-21)23-17-25(39-31(34)37-23)35-18-19-10-4-1-5-11-19/h1-17,26-29H,18H2,(H,35,37,39). The summed E-state index contributed by atoms with van der Waals surface area (Å²) in [5, 5.41) is 4.09. The van der Waals surface area contributed by atoms with Gasteiger partial charge in [-0.3, -0.25) is 0 Å². The van der Waals surface area contributed by atoms with Gasteiger partial charge in [-0.1, -0.05) is 103 Å². The highest BCUT2D eigenvalue weighted by Crippen LogP contribution is 2.66. The molecule has 1 saturated carbocycles. The van der Waals surface area contributed by atoms with E-state index in [-0.39, 0.29) is 34.2 Å². The Balaban J connectivity index is 1.45. The molecule has 8 heteroatoms. The number of aromatic nitrogens is 4. The minimum Gasteiger partial charge on any atom is -0.366 e. The van der Waals surface area contributed by atoms with Crippen LogP contribution in [-0.4, -0.2) is 19.9 Å². The third-order valence-electron chi connectivity index (χ3n) is 7.32. The lowest BCUT2D eigenvalue weighted by Crippen LogP contribution is -2.41. The van der Waals surface area contributed by atoms with Crippen LogP contribution in [0.2, 0.25) is 15.7 Å². The first-order valence-electron chi connectivity index (χ1n) is 12.7. The first-order chi connectivity index (χ1) is 19.1. The van der Waals surface area contributed by atoms with Crippen molar-refractivity contribution < 1.29 is 0 Å². The summed E-state index contributed by atoms with van der Waals surface area (Å²) < 4.78 is 0. The van der Waals surface area contributed by atoms with E-state index in [1.165, 1.54) is 11.1 Å². The van der Waals surface area contributed by atoms with E-state index in [1.807, 2.05) is 42.5 Å². The molecular weight excluding hydrogens is 549 g/mol. The van der Waals surface area contributed by atoms with Gasteiger partial charge < -0.3 is 5.32 Å². The first-order valence-corrected chi connectivity index (χ1v) is 13.8. The highest BCUT2D eigenvalue weighted by atomic mass is 35.5. The summed E-state index contributed by atoms with van der Waals surface area (Å²) in [7, 11) is 0. The molecule has 0 amide bonds. The normalized spacial score (nSPS) is 20.3. The van der Waals surface area contributed by atoms with Crippen molar-refractivity contribution in [3.05, 3.63) is 147 Å². The number of nitrogens with zero attached hydrogens (tertiary/aromatic N) is 4. The van der Waals surface area contributed by atoms with Crippen molar-refractivity contribution in [2.24, 2.45) is 0 Å². The largest absolute Gasteiger partial charge is 0.366 e. The van der Waals surface area contributed by atoms with Gasteiger partial charge >= 0.3 is 0 Å². The maximum Gasteiger partial charge on any atom is 0.224 e. The molecule has 1 fully saturated rings. The van der Waals surface area contributed by atoms with Crippen LogP contribution in [0.25, 0.3) is 0 Å². The van der Waals surface area contributed by atoms with Crippen molar-refractivity contribution in [3.8, 4) is 0 Å². The van der Waals surface area contributed by atoms with Gasteiger partial charge in [-0.25, -0.2) is 19.9 Å². The third-order valence-corrected chi connectivity index (χ3v) is 7.85. The van der Waals surface area contributed by atoms with Crippen LogP contribution < -0.4 is 5.32 Å². The Bertz CT molecular complexity index is 1500. The molecule has 0 saturated heterocycles. The van der Waals surface area contributed by atoms with Crippen LogP contribution in [0.4, 0.5) is 5.82 Å². The molecule has 2 unspecified atom stereocenters. The predicted molar refractivity (Wildman–Crippen MR) is 157 cm³/mol. The monoisotopic (exact) mass is 571 g/mol. The van der Waals surface area contributed by atoms with E-state index in [2.05, 4.69) is 80.9 Å². The molecule has 0 aliphatic heterocycles. The van der Waals surface area contributed by atoms with Gasteiger partial charge in [0.25, 0.3) is 0 Å². The van der Waals surface area contributed by atoms with E-state index in [0.29, 0.717) is 17.5 Å². The van der Waals surface area contributed by atoms with Crippen molar-refractivity contribution in [3.63, 3.8) is 0 Å². The van der Waals surface area contributed by atoms with Crippen molar-refractivity contribution in [1.29, 1.82) is 0 Å². The summed E-state index contributed by atoms with van der Waals surface area (Å²) in [5.41, 5.74) is 5.19. The Kier molecular flexibility index (Phi) is 7.47. The fourth-order valence-corrected chi connectivity index (χ4v) is 6.34. The van der Waals surface area contributed by atoms with Gasteiger partial charge in [-0.05, 0) is 46.0 Å². The topological polar surface area (TPSA) is 63.6 Å². The second-order valence-corrected chi connectivity index (χ2v) is 10.7. The lowest BCUT2D eigenvalue weighted by Gasteiger charge is -2.52. The molecule has 1 aliphatic carbocycles. The van der Waals surface area contributed by atoms with Crippen molar-refractivity contribution in [1.82, 2.24) is 19.9 Å². The zero-order chi connectivity index (χ0) is 26.8. The molecule has 0 radical (unpaired) electrons. The van der Waals surface area contributed by atoms with Crippen molar-refractivity contribution in [2.45, 2.75) is 30.2 Å². The van der Waals surface area contributed by atoms with Gasteiger partial charge in [-0.2, -0.15) is 0 Å². The van der Waals surface area contributed by atoms with E-state index in [0.717, 1.165) is 17.0 Å². The SMILES string of the molecule is Clc1cc(C2C(c3ccccc3)C(c3cc(NCc4ccccc4)nc(Cl)n3)C2c2ccccc2)nc(Cl)n1. The van der Waals surface area contributed by atoms with Crippen LogP contribution in [0.15, 0.2) is 103 Å². The molecule has 2 aromatic heterocycles. The number of halogens is 3. The van der Waals surface area contributed by atoms with Gasteiger partial charge in [0.1, 0.15) is 11.0 Å². The zero-order valence-electron chi connectivity index (χ0n) is 20.8. The van der Waals surface area contributed by atoms with Crippen LogP contribution in [0, 0.1) is 0 Å². The lowest BCUT2D eigenvalue weighted by molar-refractivity contribution is 0.220. The quantitative estimate of drug-likeness (QED) is 0.157. The van der Waals surface area contributed by atoms with E-state index >= 15 is 0 Å². The Morgan fingerprint density at radius 1 is 0.538 bits per heavy atom. The van der Waals surface area contributed by atoms with Crippen LogP contribution in [0.5, 0.6) is 0 Å². The van der Waals surface area contributed by atoms with Crippen LogP contribution in [0.3, 0.4) is 0 Å². The van der Waals surface area contributed by atoms with Gasteiger partial charge in [-0.15, -0.1) is 0 Å². The number of rotatable bonds is 7. The van der Waals surface area contributed by atoms with E-state index in [1.54, 1.807) is 0 Å². The maximum absolute atomic E-state index is 6.52. The highest BCUT2D eigenvalue weighted by Gasteiger charge is 2.54. The molecule has 2 heterocycles. The Hall–Kier alpha value is -3.51. The summed E-state index contributed by atoms with van der Waals surface area (Å²) in [5.74, 6) is 0.777. The minimum atomic E-state index is -0.00716. The van der Waals surface area contributed by atoms with Crippen molar-refractivity contribution >= 4 is 40.6 Å². The summed E-state index contributed by atoms with van der Waals surface area (Å²) in [6, 6.07) is 34.9. The van der Waals surface area contributed by atoms with E-state index in [9.17, 15) is 0 Å². The van der Waals surface area contributed by atoms with E-state index in [4.69, 9.17) is 39.8 Å². The number of benzene rings is 3. The zero-order valence-corrected chi connectivity index (χ0v) is 23.0. The Labute approximate surface area is 242 Å². The molecule has 6 rings (SSSR count). The summed E-state index contributed by atoms with van der Waals surface area (Å²) in [6.45, 7) is 0.628. The van der Waals surface area contributed by atoms with Gasteiger partial charge in [0.05, 0.1) is 11.4 Å². The molecule has 194 valence electrons. The van der Waals surface area contributed by atoms with Crippen LogP contribution >= 0.6 is 34.8 Å². The Morgan fingerprint density at radius 2 is 1.03 bits per heavy atom. The predicted octanol–water partition coefficient (Wildman–Crippen LogP) is 8.29. The first kappa shape index (κ1) is 25.8. The number of nitrogens with one attached hydrogen (secondary N) is 1. The summed E-state index contributed by atoms with van der Waals surface area (Å²) >= 11 is 19.2. The number of anilines is 1. The Morgan fingerprint density at radius 3 is 1.56 bits per heavy atom. The van der Waals surface area contributed by atoms with Crippen LogP contribution in [-0.2, 0) is 6.54 Å². The molecule has 1 aliphatic rings. The van der Waals surface area contributed by atoms with E-state index < -0.39 is 0 Å². The van der Waals surface area contributed by atoms with Gasteiger partial charge in [0.2, 0.25) is 10.6 Å². The summed E-state index contributed by atoms with van der Waals surface area (Å²) in [6.07, 6.45) is 0. The molecule has 2 atom stereocenters. The molecular formula is C31H24Cl3N5. The van der Waals surface area contributed by atoms with Crippen LogP contribution in [0.1, 0.15) is 51.7 Å². The average Bonchev–Trinajstić information content (AvgIpc) is 2.92. The maximum atomic E-state index is 6.52. The fraction of sp³-hybridized carbons (Fsp3) is 0.161. The van der Waals surface area contributed by atoms with Gasteiger partial charge in [0, 0.05) is 36.3 Å². The van der Waals surface area contributed by atoms with Crippen molar-refractivity contribution in [2.75, 3.05) is 5.32 Å². The third kappa shape index (κ3) is 5.48. The molecule has 3 aromatic carbocycles. The number of hydrogen-bond donors (Lipinski definition) is 1. The second-order valence-electron chi connectivity index (χ2n) is 9.60. The minimum absolute atomic E-state index is 0.00471. The van der Waals surface area contributed by atoms with Gasteiger partial charge in [0.15, 0.2) is 0 Å². The molecule has 5 nitrogen and oxygen atoms in total. The lowest BCUT2D eigenvalue weighted by atomic mass is 9.50. The molecule has 0 spiro atoms.